The van der Waals surface area contributed by atoms with E-state index in [1.165, 1.54) is 12.8 Å². The Kier molecular flexibility index (Phi) is 4.79. The van der Waals surface area contributed by atoms with Crippen molar-refractivity contribution in [2.24, 2.45) is 5.92 Å². The number of anilines is 1. The molecule has 2 aliphatic rings. The summed E-state index contributed by atoms with van der Waals surface area (Å²) in [5.74, 6) is -0.213. The number of likely N-dealkylation sites (tertiary alicyclic amines) is 1. The topological polar surface area (TPSA) is 62.3 Å². The van der Waals surface area contributed by atoms with Crippen molar-refractivity contribution in [3.8, 4) is 10.6 Å². The van der Waals surface area contributed by atoms with Crippen LogP contribution in [0.4, 0.5) is 5.69 Å². The van der Waals surface area contributed by atoms with Gasteiger partial charge in [0.1, 0.15) is 5.01 Å². The van der Waals surface area contributed by atoms with Crippen LogP contribution in [0, 0.1) is 5.92 Å². The van der Waals surface area contributed by atoms with Gasteiger partial charge in [0.2, 0.25) is 11.8 Å². The highest BCUT2D eigenvalue weighted by atomic mass is 32.1. The Morgan fingerprint density at radius 1 is 1.10 bits per heavy atom. The lowest BCUT2D eigenvalue weighted by Gasteiger charge is -2.23. The molecule has 2 heterocycles. The smallest absolute Gasteiger partial charge is 0.229 e. The summed E-state index contributed by atoms with van der Waals surface area (Å²) < 4.78 is 1.15. The number of fused-ring (bicyclic) bond motifs is 1. The lowest BCUT2D eigenvalue weighted by Crippen LogP contribution is -2.35. The van der Waals surface area contributed by atoms with Crippen molar-refractivity contribution in [1.29, 1.82) is 0 Å². The van der Waals surface area contributed by atoms with E-state index in [2.05, 4.69) is 11.4 Å². The maximum absolute atomic E-state index is 12.8. The van der Waals surface area contributed by atoms with E-state index in [4.69, 9.17) is 4.98 Å². The molecule has 1 aliphatic heterocycles. The van der Waals surface area contributed by atoms with Gasteiger partial charge in [0, 0.05) is 30.3 Å². The third-order valence-corrected chi connectivity index (χ3v) is 7.05. The summed E-state index contributed by atoms with van der Waals surface area (Å²) in [6.07, 6.45) is 4.84. The zero-order valence-electron chi connectivity index (χ0n) is 16.1. The second-order valence-electron chi connectivity index (χ2n) is 7.94. The third-order valence-electron chi connectivity index (χ3n) is 5.97. The van der Waals surface area contributed by atoms with Crippen molar-refractivity contribution in [3.63, 3.8) is 0 Å². The van der Waals surface area contributed by atoms with Crippen LogP contribution in [-0.2, 0) is 9.59 Å². The minimum Gasteiger partial charge on any atom is -0.339 e. The summed E-state index contributed by atoms with van der Waals surface area (Å²) in [7, 11) is 0. The number of carbonyl (C=O) groups excluding carboxylic acids is 2. The average Bonchev–Trinajstić information content (AvgIpc) is 3.47. The summed E-state index contributed by atoms with van der Waals surface area (Å²) in [6.45, 7) is 0.549. The Balaban J connectivity index is 1.30. The second-order valence-corrected chi connectivity index (χ2v) is 8.97. The highest BCUT2D eigenvalue weighted by molar-refractivity contribution is 7.21. The maximum Gasteiger partial charge on any atom is 0.229 e. The zero-order valence-corrected chi connectivity index (χ0v) is 17.0. The van der Waals surface area contributed by atoms with Gasteiger partial charge in [-0.3, -0.25) is 9.59 Å². The molecule has 2 aromatic carbocycles. The van der Waals surface area contributed by atoms with Gasteiger partial charge >= 0.3 is 0 Å². The van der Waals surface area contributed by atoms with Gasteiger partial charge in [0.15, 0.2) is 0 Å². The molecule has 1 unspecified atom stereocenters. The molecular weight excluding hydrogens is 382 g/mol. The molecule has 5 rings (SSSR count). The van der Waals surface area contributed by atoms with Crippen molar-refractivity contribution >= 4 is 39.1 Å². The molecule has 1 aliphatic carbocycles. The zero-order chi connectivity index (χ0) is 19.8. The van der Waals surface area contributed by atoms with Crippen LogP contribution in [0.3, 0.4) is 0 Å². The Hall–Kier alpha value is -2.73. The van der Waals surface area contributed by atoms with Crippen LogP contribution in [0.25, 0.3) is 20.8 Å². The molecule has 2 fully saturated rings. The third kappa shape index (κ3) is 3.65. The molecule has 5 nitrogen and oxygen atoms in total. The minimum absolute atomic E-state index is 0.0692. The van der Waals surface area contributed by atoms with Crippen molar-refractivity contribution < 1.29 is 9.59 Å². The molecule has 6 heteroatoms. The molecule has 0 bridgehead atoms. The van der Waals surface area contributed by atoms with Gasteiger partial charge in [0.25, 0.3) is 0 Å². The fourth-order valence-electron chi connectivity index (χ4n) is 4.45. The summed E-state index contributed by atoms with van der Waals surface area (Å²) in [5.41, 5.74) is 2.72. The SMILES string of the molecule is O=C(Nc1cccc(-c2nc3ccccc3s2)c1)C1CC(=O)N(C2CCCC2)C1. The predicted octanol–water partition coefficient (Wildman–Crippen LogP) is 4.69. The number of carbonyl (C=O) groups is 2. The van der Waals surface area contributed by atoms with E-state index >= 15 is 0 Å². The molecule has 1 N–H and O–H groups in total. The molecule has 2 amide bonds. The summed E-state index contributed by atoms with van der Waals surface area (Å²) in [4.78, 5) is 31.8. The van der Waals surface area contributed by atoms with Crippen molar-refractivity contribution in [2.75, 3.05) is 11.9 Å². The van der Waals surface area contributed by atoms with E-state index < -0.39 is 0 Å². The minimum atomic E-state index is -0.269. The van der Waals surface area contributed by atoms with Crippen LogP contribution < -0.4 is 5.32 Å². The lowest BCUT2D eigenvalue weighted by molar-refractivity contribution is -0.129. The number of benzene rings is 2. The van der Waals surface area contributed by atoms with Crippen molar-refractivity contribution in [1.82, 2.24) is 9.88 Å². The maximum atomic E-state index is 12.8. The Labute approximate surface area is 173 Å². The molecule has 1 atom stereocenters. The van der Waals surface area contributed by atoms with Crippen LogP contribution in [0.5, 0.6) is 0 Å². The van der Waals surface area contributed by atoms with Gasteiger partial charge < -0.3 is 10.2 Å². The quantitative estimate of drug-likeness (QED) is 0.685. The first-order chi connectivity index (χ1) is 14.2. The number of nitrogens with one attached hydrogen (secondary N) is 1. The van der Waals surface area contributed by atoms with E-state index in [-0.39, 0.29) is 17.7 Å². The summed E-state index contributed by atoms with van der Waals surface area (Å²) >= 11 is 1.64. The van der Waals surface area contributed by atoms with E-state index in [0.29, 0.717) is 19.0 Å². The first-order valence-corrected chi connectivity index (χ1v) is 11.1. The van der Waals surface area contributed by atoms with Crippen LogP contribution in [0.2, 0.25) is 0 Å². The van der Waals surface area contributed by atoms with E-state index in [9.17, 15) is 9.59 Å². The monoisotopic (exact) mass is 405 g/mol. The van der Waals surface area contributed by atoms with Crippen molar-refractivity contribution in [3.05, 3.63) is 48.5 Å². The predicted molar refractivity (Wildman–Crippen MR) is 116 cm³/mol. The summed E-state index contributed by atoms with van der Waals surface area (Å²) in [6, 6.07) is 16.2. The second kappa shape index (κ2) is 7.59. The van der Waals surface area contributed by atoms with Gasteiger partial charge in [-0.25, -0.2) is 4.98 Å². The molecule has 1 saturated heterocycles. The number of hydrogen-bond donors (Lipinski definition) is 1. The van der Waals surface area contributed by atoms with E-state index in [1.54, 1.807) is 11.3 Å². The molecule has 148 valence electrons. The number of hydrogen-bond acceptors (Lipinski definition) is 4. The molecule has 29 heavy (non-hydrogen) atoms. The number of thiazole rings is 1. The number of nitrogens with zero attached hydrogens (tertiary/aromatic N) is 2. The first-order valence-electron chi connectivity index (χ1n) is 10.2. The normalized spacial score (nSPS) is 19.9. The largest absolute Gasteiger partial charge is 0.339 e. The molecule has 0 radical (unpaired) electrons. The highest BCUT2D eigenvalue weighted by Crippen LogP contribution is 2.32. The molecular formula is C23H23N3O2S. The number of para-hydroxylation sites is 1. The molecule has 1 saturated carbocycles. The highest BCUT2D eigenvalue weighted by Gasteiger charge is 2.38. The number of aromatic nitrogens is 1. The standard InChI is InChI=1S/C23H23N3O2S/c27-21-13-16(14-26(21)18-8-1-2-9-18)22(28)24-17-7-5-6-15(12-17)23-25-19-10-3-4-11-20(19)29-23/h3-7,10-12,16,18H,1-2,8-9,13-14H2,(H,24,28). The van der Waals surface area contributed by atoms with Crippen LogP contribution in [0.15, 0.2) is 48.5 Å². The Morgan fingerprint density at radius 2 is 1.93 bits per heavy atom. The lowest BCUT2D eigenvalue weighted by atomic mass is 10.1. The molecule has 1 aromatic heterocycles. The number of amides is 2. The Morgan fingerprint density at radius 3 is 2.76 bits per heavy atom. The molecule has 3 aromatic rings. The van der Waals surface area contributed by atoms with Crippen LogP contribution in [-0.4, -0.2) is 34.3 Å². The number of rotatable bonds is 4. The first kappa shape index (κ1) is 18.3. The van der Waals surface area contributed by atoms with Crippen LogP contribution in [0.1, 0.15) is 32.1 Å². The fourth-order valence-corrected chi connectivity index (χ4v) is 5.41. The van der Waals surface area contributed by atoms with Crippen molar-refractivity contribution in [2.45, 2.75) is 38.1 Å². The van der Waals surface area contributed by atoms with E-state index in [0.717, 1.165) is 39.3 Å². The molecule has 0 spiro atoms. The Bertz CT molecular complexity index is 1040. The average molecular weight is 406 g/mol. The fraction of sp³-hybridized carbons (Fsp3) is 0.348. The van der Waals surface area contributed by atoms with E-state index in [1.807, 2.05) is 47.4 Å². The van der Waals surface area contributed by atoms with Gasteiger partial charge in [0.05, 0.1) is 16.1 Å². The van der Waals surface area contributed by atoms with Gasteiger partial charge in [-0.15, -0.1) is 11.3 Å². The van der Waals surface area contributed by atoms with Gasteiger partial charge in [-0.05, 0) is 37.1 Å². The van der Waals surface area contributed by atoms with Gasteiger partial charge in [-0.2, -0.15) is 0 Å². The van der Waals surface area contributed by atoms with Gasteiger partial charge in [-0.1, -0.05) is 37.1 Å². The van der Waals surface area contributed by atoms with Crippen LogP contribution >= 0.6 is 11.3 Å². The summed E-state index contributed by atoms with van der Waals surface area (Å²) in [5, 5.41) is 3.95.